The zero-order valence-electron chi connectivity index (χ0n) is 29.8. The standard InChI is InChI=1S/C37H44O15/c1-23-15-26(7-11-28(23)51-33(46)35(4,17-38)18-39)9-13-31(44)37(21-49-24(2)42,22-50-25(3)43)32(45)14-10-27-8-12-29(30(16-27)48-6)52-34(47)36(5,19-40)20-41/h7-16,38-41H,17-22H2,1-6H3/b13-9+,14-10+. The number of ketones is 2. The van der Waals surface area contributed by atoms with Crippen LogP contribution in [0.5, 0.6) is 17.2 Å². The lowest BCUT2D eigenvalue weighted by molar-refractivity contribution is -0.158. The summed E-state index contributed by atoms with van der Waals surface area (Å²) in [6.45, 7) is 2.21. The molecule has 0 aliphatic heterocycles. The van der Waals surface area contributed by atoms with Gasteiger partial charge in [-0.15, -0.1) is 0 Å². The van der Waals surface area contributed by atoms with E-state index in [1.165, 1.54) is 63.4 Å². The Balaban J connectivity index is 2.47. The lowest BCUT2D eigenvalue weighted by Crippen LogP contribution is -2.46. The van der Waals surface area contributed by atoms with E-state index in [1.54, 1.807) is 13.0 Å². The quantitative estimate of drug-likeness (QED) is 0.0699. The Kier molecular flexibility index (Phi) is 15.6. The maximum Gasteiger partial charge on any atom is 0.322 e. The van der Waals surface area contributed by atoms with Crippen LogP contribution in [0.1, 0.15) is 44.4 Å². The number of allylic oxidation sites excluding steroid dienone is 2. The smallest absolute Gasteiger partial charge is 0.322 e. The molecule has 0 amide bonds. The Bertz CT molecular complexity index is 1680. The second kappa shape index (κ2) is 18.9. The molecule has 15 heteroatoms. The maximum absolute atomic E-state index is 13.8. The molecule has 0 spiro atoms. The summed E-state index contributed by atoms with van der Waals surface area (Å²) in [7, 11) is 1.29. The molecule has 282 valence electrons. The van der Waals surface area contributed by atoms with Crippen molar-refractivity contribution in [2.24, 2.45) is 16.2 Å². The van der Waals surface area contributed by atoms with Crippen LogP contribution >= 0.6 is 0 Å². The number of hydrogen-bond donors (Lipinski definition) is 4. The van der Waals surface area contributed by atoms with Crippen LogP contribution in [0.15, 0.2) is 48.6 Å². The summed E-state index contributed by atoms with van der Waals surface area (Å²) in [6.07, 6.45) is 4.72. The molecule has 2 rings (SSSR count). The van der Waals surface area contributed by atoms with Gasteiger partial charge in [0.15, 0.2) is 28.5 Å². The van der Waals surface area contributed by atoms with Gasteiger partial charge in [0.25, 0.3) is 0 Å². The number of aryl methyl sites for hydroxylation is 1. The molecule has 52 heavy (non-hydrogen) atoms. The first kappa shape index (κ1) is 42.9. The number of aliphatic hydroxyl groups excluding tert-OH is 4. The van der Waals surface area contributed by atoms with Crippen molar-refractivity contribution in [3.05, 3.63) is 65.2 Å². The number of aliphatic hydroxyl groups is 4. The fourth-order valence-electron chi connectivity index (χ4n) is 4.13. The number of rotatable bonds is 19. The van der Waals surface area contributed by atoms with Crippen molar-refractivity contribution in [3.63, 3.8) is 0 Å². The Morgan fingerprint density at radius 3 is 1.42 bits per heavy atom. The third kappa shape index (κ3) is 10.9. The van der Waals surface area contributed by atoms with Crippen LogP contribution in [-0.4, -0.2) is 103 Å². The molecule has 0 fully saturated rings. The van der Waals surface area contributed by atoms with Gasteiger partial charge in [-0.2, -0.15) is 0 Å². The van der Waals surface area contributed by atoms with Gasteiger partial charge in [-0.3, -0.25) is 28.8 Å². The van der Waals surface area contributed by atoms with Crippen molar-refractivity contribution in [3.8, 4) is 17.2 Å². The van der Waals surface area contributed by atoms with Crippen LogP contribution in [0.4, 0.5) is 0 Å². The van der Waals surface area contributed by atoms with E-state index in [0.29, 0.717) is 16.7 Å². The van der Waals surface area contributed by atoms with Crippen LogP contribution in [0.3, 0.4) is 0 Å². The molecule has 0 aromatic heterocycles. The number of ether oxygens (including phenoxy) is 5. The summed E-state index contributed by atoms with van der Waals surface area (Å²) < 4.78 is 26.2. The summed E-state index contributed by atoms with van der Waals surface area (Å²) in [5, 5.41) is 38.0. The number of esters is 4. The van der Waals surface area contributed by atoms with Gasteiger partial charge in [-0.25, -0.2) is 0 Å². The van der Waals surface area contributed by atoms with E-state index in [1.807, 2.05) is 0 Å². The molecular weight excluding hydrogens is 684 g/mol. The Labute approximate surface area is 300 Å². The van der Waals surface area contributed by atoms with Gasteiger partial charge >= 0.3 is 23.9 Å². The molecule has 4 N–H and O–H groups in total. The molecule has 0 atom stereocenters. The zero-order valence-corrected chi connectivity index (χ0v) is 29.8. The predicted octanol–water partition coefficient (Wildman–Crippen LogP) is 1.77. The summed E-state index contributed by atoms with van der Waals surface area (Å²) in [5.41, 5.74) is -4.10. The number of methoxy groups -OCH3 is 1. The van der Waals surface area contributed by atoms with Gasteiger partial charge in [-0.05, 0) is 73.9 Å². The number of benzene rings is 2. The van der Waals surface area contributed by atoms with E-state index in [0.717, 1.165) is 26.0 Å². The van der Waals surface area contributed by atoms with Crippen molar-refractivity contribution in [2.75, 3.05) is 46.8 Å². The number of carbonyl (C=O) groups is 6. The monoisotopic (exact) mass is 728 g/mol. The first-order valence-electron chi connectivity index (χ1n) is 15.8. The second-order valence-corrected chi connectivity index (χ2v) is 12.5. The van der Waals surface area contributed by atoms with E-state index < -0.39 is 91.3 Å². The SMILES string of the molecule is COc1cc(/C=C/C(=O)C(COC(C)=O)(COC(C)=O)C(=O)/C=C/c2ccc(OC(=O)C(C)(CO)CO)c(C)c2)ccc1OC(=O)C(C)(CO)CO. The van der Waals surface area contributed by atoms with Gasteiger partial charge in [0.1, 0.15) is 29.8 Å². The van der Waals surface area contributed by atoms with E-state index in [-0.39, 0.29) is 17.2 Å². The second-order valence-electron chi connectivity index (χ2n) is 12.5. The van der Waals surface area contributed by atoms with Gasteiger partial charge < -0.3 is 44.1 Å². The summed E-state index contributed by atoms with van der Waals surface area (Å²) >= 11 is 0. The normalized spacial score (nSPS) is 12.0. The molecule has 0 bridgehead atoms. The summed E-state index contributed by atoms with van der Waals surface area (Å²) in [5.74, 6) is -5.02. The molecule has 2 aromatic rings. The lowest BCUT2D eigenvalue weighted by atomic mass is 9.79. The van der Waals surface area contributed by atoms with Crippen molar-refractivity contribution in [1.29, 1.82) is 0 Å². The van der Waals surface area contributed by atoms with E-state index in [9.17, 15) is 49.2 Å². The lowest BCUT2D eigenvalue weighted by Gasteiger charge is -2.27. The molecule has 0 saturated heterocycles. The van der Waals surface area contributed by atoms with Crippen molar-refractivity contribution in [1.82, 2.24) is 0 Å². The van der Waals surface area contributed by atoms with E-state index in [4.69, 9.17) is 23.7 Å². The topological polar surface area (TPSA) is 229 Å². The summed E-state index contributed by atoms with van der Waals surface area (Å²) in [6, 6.07) is 8.69. The molecule has 0 unspecified atom stereocenters. The highest BCUT2D eigenvalue weighted by atomic mass is 16.6. The van der Waals surface area contributed by atoms with E-state index in [2.05, 4.69) is 0 Å². The molecule has 15 nitrogen and oxygen atoms in total. The van der Waals surface area contributed by atoms with Crippen LogP contribution < -0.4 is 14.2 Å². The minimum atomic E-state index is -2.22. The minimum Gasteiger partial charge on any atom is -0.493 e. The third-order valence-electron chi connectivity index (χ3n) is 8.01. The van der Waals surface area contributed by atoms with Crippen LogP contribution in [0.25, 0.3) is 12.2 Å². The van der Waals surface area contributed by atoms with Gasteiger partial charge in [-0.1, -0.05) is 24.3 Å². The molecule has 2 aromatic carbocycles. The number of carbonyl (C=O) groups excluding carboxylic acids is 6. The maximum atomic E-state index is 13.8. The zero-order chi connectivity index (χ0) is 39.3. The van der Waals surface area contributed by atoms with Gasteiger partial charge in [0.2, 0.25) is 0 Å². The predicted molar refractivity (Wildman–Crippen MR) is 184 cm³/mol. The number of hydrogen-bond acceptors (Lipinski definition) is 15. The molecule has 0 heterocycles. The molecule has 0 aliphatic carbocycles. The Hall–Kier alpha value is -5.22. The average Bonchev–Trinajstić information content (AvgIpc) is 3.13. The van der Waals surface area contributed by atoms with E-state index >= 15 is 0 Å². The fourth-order valence-corrected chi connectivity index (χ4v) is 4.13. The van der Waals surface area contributed by atoms with Crippen LogP contribution in [0, 0.1) is 23.2 Å². The average molecular weight is 729 g/mol. The largest absolute Gasteiger partial charge is 0.493 e. The third-order valence-corrected chi connectivity index (χ3v) is 8.01. The fraction of sp³-hybridized carbons (Fsp3) is 0.405. The van der Waals surface area contributed by atoms with Crippen molar-refractivity contribution >= 4 is 47.6 Å². The first-order valence-corrected chi connectivity index (χ1v) is 15.8. The highest BCUT2D eigenvalue weighted by Gasteiger charge is 2.46. The van der Waals surface area contributed by atoms with Gasteiger partial charge in [0, 0.05) is 13.8 Å². The molecule has 0 aliphatic rings. The van der Waals surface area contributed by atoms with Gasteiger partial charge in [0.05, 0.1) is 33.5 Å². The highest BCUT2D eigenvalue weighted by molar-refractivity contribution is 6.18. The Morgan fingerprint density at radius 1 is 0.635 bits per heavy atom. The molecule has 0 saturated carbocycles. The van der Waals surface area contributed by atoms with Crippen molar-refractivity contribution < 1.29 is 72.9 Å². The van der Waals surface area contributed by atoms with Crippen LogP contribution in [-0.2, 0) is 38.2 Å². The first-order chi connectivity index (χ1) is 24.4. The molecule has 0 radical (unpaired) electrons. The Morgan fingerprint density at radius 2 is 1.04 bits per heavy atom. The van der Waals surface area contributed by atoms with Crippen LogP contribution in [0.2, 0.25) is 0 Å². The molecular formula is C37H44O15. The highest BCUT2D eigenvalue weighted by Crippen LogP contribution is 2.32. The minimum absolute atomic E-state index is 0.0429. The van der Waals surface area contributed by atoms with Crippen molar-refractivity contribution in [2.45, 2.75) is 34.6 Å². The summed E-state index contributed by atoms with van der Waals surface area (Å²) in [4.78, 5) is 76.3.